The second-order valence-corrected chi connectivity index (χ2v) is 4.42. The summed E-state index contributed by atoms with van der Waals surface area (Å²) in [7, 11) is 0. The van der Waals surface area contributed by atoms with Gasteiger partial charge < -0.3 is 15.4 Å². The minimum absolute atomic E-state index is 0.144. The monoisotopic (exact) mass is 242 g/mol. The van der Waals surface area contributed by atoms with Crippen LogP contribution in [0.3, 0.4) is 0 Å². The summed E-state index contributed by atoms with van der Waals surface area (Å²) in [4.78, 5) is 22.6. The SMILES string of the molecule is CCOC(=O)C(C)CNCCNC(=O)C1CC1. The molecule has 17 heavy (non-hydrogen) atoms. The Labute approximate surface area is 102 Å². The Bertz CT molecular complexity index is 264. The molecule has 0 aromatic heterocycles. The van der Waals surface area contributed by atoms with Gasteiger partial charge in [-0.2, -0.15) is 0 Å². The number of ether oxygens (including phenoxy) is 1. The lowest BCUT2D eigenvalue weighted by molar-refractivity contribution is -0.147. The molecule has 0 radical (unpaired) electrons. The topological polar surface area (TPSA) is 67.4 Å². The van der Waals surface area contributed by atoms with Crippen molar-refractivity contribution in [2.45, 2.75) is 26.7 Å². The van der Waals surface area contributed by atoms with Crippen molar-refractivity contribution in [1.82, 2.24) is 10.6 Å². The number of hydrogen-bond acceptors (Lipinski definition) is 4. The van der Waals surface area contributed by atoms with Crippen molar-refractivity contribution in [3.63, 3.8) is 0 Å². The summed E-state index contributed by atoms with van der Waals surface area (Å²) in [6, 6.07) is 0. The standard InChI is InChI=1S/C12H22N2O3/c1-3-17-12(16)9(2)8-13-6-7-14-11(15)10-4-5-10/h9-10,13H,3-8H2,1-2H3,(H,14,15). The van der Waals surface area contributed by atoms with Gasteiger partial charge in [-0.1, -0.05) is 6.92 Å². The molecule has 0 aromatic rings. The molecule has 1 rings (SSSR count). The summed E-state index contributed by atoms with van der Waals surface area (Å²) in [5.41, 5.74) is 0. The van der Waals surface area contributed by atoms with Crippen LogP contribution in [0, 0.1) is 11.8 Å². The molecule has 0 saturated heterocycles. The van der Waals surface area contributed by atoms with E-state index in [2.05, 4.69) is 10.6 Å². The number of amides is 1. The van der Waals surface area contributed by atoms with Crippen LogP contribution in [-0.4, -0.2) is 38.1 Å². The van der Waals surface area contributed by atoms with Gasteiger partial charge in [0.1, 0.15) is 0 Å². The average molecular weight is 242 g/mol. The number of rotatable bonds is 8. The molecule has 1 aliphatic carbocycles. The Morgan fingerprint density at radius 2 is 2.06 bits per heavy atom. The van der Waals surface area contributed by atoms with Gasteiger partial charge in [0.15, 0.2) is 0 Å². The molecule has 98 valence electrons. The van der Waals surface area contributed by atoms with E-state index in [1.54, 1.807) is 6.92 Å². The minimum Gasteiger partial charge on any atom is -0.466 e. The fourth-order valence-corrected chi connectivity index (χ4v) is 1.45. The number of carbonyl (C=O) groups is 2. The van der Waals surface area contributed by atoms with Gasteiger partial charge in [0.25, 0.3) is 0 Å². The average Bonchev–Trinajstić information content (AvgIpc) is 3.12. The molecule has 0 aliphatic heterocycles. The van der Waals surface area contributed by atoms with Crippen molar-refractivity contribution < 1.29 is 14.3 Å². The molecule has 1 atom stereocenters. The summed E-state index contributed by atoms with van der Waals surface area (Å²) in [6.07, 6.45) is 2.05. The Morgan fingerprint density at radius 3 is 2.65 bits per heavy atom. The first-order chi connectivity index (χ1) is 8.15. The molecular weight excluding hydrogens is 220 g/mol. The lowest BCUT2D eigenvalue weighted by atomic mass is 10.2. The van der Waals surface area contributed by atoms with Crippen molar-refractivity contribution >= 4 is 11.9 Å². The van der Waals surface area contributed by atoms with Crippen molar-refractivity contribution in [2.24, 2.45) is 11.8 Å². The van der Waals surface area contributed by atoms with E-state index in [4.69, 9.17) is 4.74 Å². The van der Waals surface area contributed by atoms with Crippen molar-refractivity contribution in [1.29, 1.82) is 0 Å². The first-order valence-corrected chi connectivity index (χ1v) is 6.30. The normalized spacial score (nSPS) is 16.4. The molecule has 5 heteroatoms. The van der Waals surface area contributed by atoms with Gasteiger partial charge >= 0.3 is 5.97 Å². The molecule has 1 saturated carbocycles. The van der Waals surface area contributed by atoms with Crippen LogP contribution in [0.2, 0.25) is 0 Å². The zero-order valence-corrected chi connectivity index (χ0v) is 10.6. The number of nitrogens with one attached hydrogen (secondary N) is 2. The zero-order valence-electron chi connectivity index (χ0n) is 10.6. The van der Waals surface area contributed by atoms with Gasteiger partial charge in [0, 0.05) is 25.6 Å². The third-order valence-electron chi connectivity index (χ3n) is 2.69. The second-order valence-electron chi connectivity index (χ2n) is 4.42. The highest BCUT2D eigenvalue weighted by atomic mass is 16.5. The highest BCUT2D eigenvalue weighted by Gasteiger charge is 2.28. The van der Waals surface area contributed by atoms with Gasteiger partial charge in [-0.05, 0) is 19.8 Å². The molecule has 0 heterocycles. The van der Waals surface area contributed by atoms with Gasteiger partial charge in [0.2, 0.25) is 5.91 Å². The molecule has 0 bridgehead atoms. The van der Waals surface area contributed by atoms with Crippen LogP contribution in [0.4, 0.5) is 0 Å². The lowest BCUT2D eigenvalue weighted by Crippen LogP contribution is -2.35. The number of carbonyl (C=O) groups excluding carboxylic acids is 2. The van der Waals surface area contributed by atoms with Crippen molar-refractivity contribution in [3.8, 4) is 0 Å². The maximum absolute atomic E-state index is 11.3. The third-order valence-corrected chi connectivity index (χ3v) is 2.69. The Hall–Kier alpha value is -1.10. The van der Waals surface area contributed by atoms with Gasteiger partial charge in [-0.3, -0.25) is 9.59 Å². The number of esters is 1. The van der Waals surface area contributed by atoms with Crippen LogP contribution >= 0.6 is 0 Å². The minimum atomic E-state index is -0.179. The Balaban J connectivity index is 1.95. The molecular formula is C12H22N2O3. The molecule has 2 N–H and O–H groups in total. The van der Waals surface area contributed by atoms with Gasteiger partial charge in [-0.15, -0.1) is 0 Å². The van der Waals surface area contributed by atoms with E-state index in [0.717, 1.165) is 12.8 Å². The fourth-order valence-electron chi connectivity index (χ4n) is 1.45. The molecule has 1 aliphatic rings. The zero-order chi connectivity index (χ0) is 12.7. The third kappa shape index (κ3) is 5.68. The number of hydrogen-bond donors (Lipinski definition) is 2. The first-order valence-electron chi connectivity index (χ1n) is 6.30. The summed E-state index contributed by atoms with van der Waals surface area (Å²) >= 11 is 0. The van der Waals surface area contributed by atoms with E-state index in [1.807, 2.05) is 6.92 Å². The highest BCUT2D eigenvalue weighted by Crippen LogP contribution is 2.28. The molecule has 0 aromatic carbocycles. The van der Waals surface area contributed by atoms with Crippen LogP contribution in [-0.2, 0) is 14.3 Å². The summed E-state index contributed by atoms with van der Waals surface area (Å²) < 4.78 is 4.89. The summed E-state index contributed by atoms with van der Waals surface area (Å²) in [5.74, 6) is 0.0924. The van der Waals surface area contributed by atoms with E-state index in [1.165, 1.54) is 0 Å². The smallest absolute Gasteiger partial charge is 0.309 e. The predicted octanol–water partition coefficient (Wildman–Crippen LogP) is 0.301. The van der Waals surface area contributed by atoms with E-state index in [-0.39, 0.29) is 23.7 Å². The molecule has 1 unspecified atom stereocenters. The van der Waals surface area contributed by atoms with Gasteiger partial charge in [0.05, 0.1) is 12.5 Å². The largest absolute Gasteiger partial charge is 0.466 e. The fraction of sp³-hybridized carbons (Fsp3) is 0.833. The van der Waals surface area contributed by atoms with Crippen LogP contribution in [0.5, 0.6) is 0 Å². The van der Waals surface area contributed by atoms with Crippen LogP contribution < -0.4 is 10.6 Å². The second kappa shape index (κ2) is 7.27. The van der Waals surface area contributed by atoms with Crippen LogP contribution in [0.1, 0.15) is 26.7 Å². The van der Waals surface area contributed by atoms with Crippen molar-refractivity contribution in [3.05, 3.63) is 0 Å². The lowest BCUT2D eigenvalue weighted by Gasteiger charge is -2.11. The highest BCUT2D eigenvalue weighted by molar-refractivity contribution is 5.80. The maximum Gasteiger partial charge on any atom is 0.309 e. The Kier molecular flexibility index (Phi) is 5.97. The van der Waals surface area contributed by atoms with E-state index in [0.29, 0.717) is 26.2 Å². The molecule has 1 fully saturated rings. The Morgan fingerprint density at radius 1 is 1.35 bits per heavy atom. The maximum atomic E-state index is 11.3. The summed E-state index contributed by atoms with van der Waals surface area (Å²) in [5, 5.41) is 5.98. The van der Waals surface area contributed by atoms with Crippen LogP contribution in [0.25, 0.3) is 0 Å². The summed E-state index contributed by atoms with van der Waals surface area (Å²) in [6.45, 7) is 5.92. The molecule has 0 spiro atoms. The first kappa shape index (κ1) is 14.0. The van der Waals surface area contributed by atoms with E-state index in [9.17, 15) is 9.59 Å². The predicted molar refractivity (Wildman–Crippen MR) is 64.4 cm³/mol. The quantitative estimate of drug-likeness (QED) is 0.474. The van der Waals surface area contributed by atoms with E-state index < -0.39 is 0 Å². The van der Waals surface area contributed by atoms with E-state index >= 15 is 0 Å². The van der Waals surface area contributed by atoms with Crippen molar-refractivity contribution in [2.75, 3.05) is 26.2 Å². The van der Waals surface area contributed by atoms with Gasteiger partial charge in [-0.25, -0.2) is 0 Å². The van der Waals surface area contributed by atoms with Crippen LogP contribution in [0.15, 0.2) is 0 Å². The molecule has 5 nitrogen and oxygen atoms in total. The molecule has 1 amide bonds.